The molecule has 0 amide bonds. The number of non-ortho nitro benzene ring substituents is 1. The van der Waals surface area contributed by atoms with E-state index in [9.17, 15) is 10.1 Å². The molecule has 1 aromatic carbocycles. The van der Waals surface area contributed by atoms with Crippen LogP contribution in [0.25, 0.3) is 0 Å². The Morgan fingerprint density at radius 3 is 2.53 bits per heavy atom. The number of nitrogens with one attached hydrogen (secondary N) is 1. The number of nitrogens with two attached hydrogens (primary N) is 1. The van der Waals surface area contributed by atoms with Crippen molar-refractivity contribution in [2.75, 3.05) is 5.32 Å². The first-order chi connectivity index (χ1) is 8.04. The highest BCUT2D eigenvalue weighted by molar-refractivity contribution is 7.80. The van der Waals surface area contributed by atoms with E-state index in [1.165, 1.54) is 30.5 Å². The van der Waals surface area contributed by atoms with Gasteiger partial charge >= 0.3 is 0 Å². The van der Waals surface area contributed by atoms with Crippen LogP contribution in [0.1, 0.15) is 0 Å². The number of benzene rings is 1. The van der Waals surface area contributed by atoms with Crippen molar-refractivity contribution in [3.63, 3.8) is 0 Å². The lowest BCUT2D eigenvalue weighted by molar-refractivity contribution is -0.384. The molecule has 0 aliphatic carbocycles. The van der Waals surface area contributed by atoms with Crippen LogP contribution in [0.2, 0.25) is 0 Å². The normalized spacial score (nSPS) is 10.4. The van der Waals surface area contributed by atoms with E-state index in [1.54, 1.807) is 0 Å². The van der Waals surface area contributed by atoms with Crippen molar-refractivity contribution in [1.29, 1.82) is 5.26 Å². The lowest BCUT2D eigenvalue weighted by Gasteiger charge is -2.01. The molecule has 0 spiro atoms. The summed E-state index contributed by atoms with van der Waals surface area (Å²) in [6.07, 6.45) is 1.35. The molecular formula is C10H8N4O2S. The number of hydrogen-bond acceptors (Lipinski definition) is 5. The average Bonchev–Trinajstić information content (AvgIpc) is 2.30. The predicted octanol–water partition coefficient (Wildman–Crippen LogP) is 1.70. The molecule has 6 nitrogen and oxygen atoms in total. The van der Waals surface area contributed by atoms with E-state index in [1.807, 2.05) is 6.07 Å². The monoisotopic (exact) mass is 248 g/mol. The summed E-state index contributed by atoms with van der Waals surface area (Å²) in [5.41, 5.74) is 6.02. The zero-order chi connectivity index (χ0) is 12.8. The highest BCUT2D eigenvalue weighted by atomic mass is 32.1. The van der Waals surface area contributed by atoms with Crippen LogP contribution in [-0.4, -0.2) is 9.91 Å². The van der Waals surface area contributed by atoms with Crippen molar-refractivity contribution >= 4 is 28.6 Å². The minimum absolute atomic E-state index is 0.00520. The number of nitrogens with zero attached hydrogens (tertiary/aromatic N) is 2. The number of anilines is 1. The maximum absolute atomic E-state index is 10.4. The smallest absolute Gasteiger partial charge is 0.269 e. The summed E-state index contributed by atoms with van der Waals surface area (Å²) in [7, 11) is 0. The van der Waals surface area contributed by atoms with Gasteiger partial charge in [-0.05, 0) is 12.1 Å². The molecule has 0 aliphatic rings. The average molecular weight is 248 g/mol. The SMILES string of the molecule is N#C/C(=C/Nc1ccc([N+](=O)[O-])cc1)C(N)=S. The number of nitro benzene ring substituents is 1. The van der Waals surface area contributed by atoms with Crippen molar-refractivity contribution in [2.24, 2.45) is 5.73 Å². The zero-order valence-electron chi connectivity index (χ0n) is 8.58. The summed E-state index contributed by atoms with van der Waals surface area (Å²) >= 11 is 4.64. The number of rotatable bonds is 4. The fourth-order valence-corrected chi connectivity index (χ4v) is 1.10. The molecule has 0 aliphatic heterocycles. The van der Waals surface area contributed by atoms with Crippen molar-refractivity contribution in [2.45, 2.75) is 0 Å². The fourth-order valence-electron chi connectivity index (χ4n) is 0.993. The third-order valence-electron chi connectivity index (χ3n) is 1.85. The van der Waals surface area contributed by atoms with E-state index in [0.29, 0.717) is 5.69 Å². The van der Waals surface area contributed by atoms with Crippen molar-refractivity contribution < 1.29 is 4.92 Å². The molecule has 0 saturated heterocycles. The van der Waals surface area contributed by atoms with E-state index in [4.69, 9.17) is 11.0 Å². The Labute approximate surface area is 102 Å². The fraction of sp³-hybridized carbons (Fsp3) is 0. The quantitative estimate of drug-likeness (QED) is 0.276. The molecule has 86 valence electrons. The molecule has 0 bridgehead atoms. The molecule has 0 unspecified atom stereocenters. The lowest BCUT2D eigenvalue weighted by atomic mass is 10.2. The van der Waals surface area contributed by atoms with Crippen molar-refractivity contribution in [3.05, 3.63) is 46.2 Å². The van der Waals surface area contributed by atoms with Gasteiger partial charge in [0.05, 0.1) is 4.92 Å². The standard InChI is InChI=1S/C10H8N4O2S/c11-5-7(10(12)17)6-13-8-1-3-9(4-2-8)14(15)16/h1-4,6,13H,(H2,12,17)/b7-6-. The van der Waals surface area contributed by atoms with Crippen LogP contribution in [0.3, 0.4) is 0 Å². The summed E-state index contributed by atoms with van der Waals surface area (Å²) in [6.45, 7) is 0. The Morgan fingerprint density at radius 1 is 1.53 bits per heavy atom. The number of nitriles is 1. The maximum Gasteiger partial charge on any atom is 0.269 e. The first kappa shape index (κ1) is 12.6. The van der Waals surface area contributed by atoms with Gasteiger partial charge in [0, 0.05) is 24.0 Å². The van der Waals surface area contributed by atoms with Gasteiger partial charge in [-0.3, -0.25) is 10.1 Å². The Morgan fingerprint density at radius 2 is 2.12 bits per heavy atom. The molecular weight excluding hydrogens is 240 g/mol. The van der Waals surface area contributed by atoms with Crippen LogP contribution in [0.5, 0.6) is 0 Å². The van der Waals surface area contributed by atoms with Crippen molar-refractivity contribution in [3.8, 4) is 6.07 Å². The molecule has 0 aromatic heterocycles. The summed E-state index contributed by atoms with van der Waals surface area (Å²) in [5, 5.41) is 21.9. The number of nitro groups is 1. The summed E-state index contributed by atoms with van der Waals surface area (Å²) in [6, 6.07) is 7.56. The van der Waals surface area contributed by atoms with Crippen LogP contribution in [0.4, 0.5) is 11.4 Å². The van der Waals surface area contributed by atoms with E-state index in [0.717, 1.165) is 0 Å². The van der Waals surface area contributed by atoms with Gasteiger partial charge in [0.15, 0.2) is 0 Å². The lowest BCUT2D eigenvalue weighted by Crippen LogP contribution is -2.11. The van der Waals surface area contributed by atoms with E-state index < -0.39 is 4.92 Å². The molecule has 0 saturated carbocycles. The highest BCUT2D eigenvalue weighted by Crippen LogP contribution is 2.15. The molecule has 17 heavy (non-hydrogen) atoms. The van der Waals surface area contributed by atoms with Gasteiger partial charge in [-0.25, -0.2) is 0 Å². The zero-order valence-corrected chi connectivity index (χ0v) is 9.40. The molecule has 0 heterocycles. The van der Waals surface area contributed by atoms with Crippen LogP contribution in [-0.2, 0) is 0 Å². The van der Waals surface area contributed by atoms with E-state index >= 15 is 0 Å². The highest BCUT2D eigenvalue weighted by Gasteiger charge is 2.03. The minimum atomic E-state index is -0.491. The van der Waals surface area contributed by atoms with Crippen LogP contribution >= 0.6 is 12.2 Å². The van der Waals surface area contributed by atoms with Gasteiger partial charge in [-0.1, -0.05) is 12.2 Å². The minimum Gasteiger partial charge on any atom is -0.389 e. The second-order valence-electron chi connectivity index (χ2n) is 2.98. The summed E-state index contributed by atoms with van der Waals surface area (Å²) in [4.78, 5) is 9.91. The Balaban J connectivity index is 2.80. The second-order valence-corrected chi connectivity index (χ2v) is 3.42. The first-order valence-electron chi connectivity index (χ1n) is 4.45. The van der Waals surface area contributed by atoms with Crippen LogP contribution in [0, 0.1) is 21.4 Å². The molecule has 1 aromatic rings. The van der Waals surface area contributed by atoms with Gasteiger partial charge in [-0.15, -0.1) is 0 Å². The van der Waals surface area contributed by atoms with Gasteiger partial charge in [0.2, 0.25) is 0 Å². The molecule has 0 atom stereocenters. The first-order valence-corrected chi connectivity index (χ1v) is 4.86. The third kappa shape index (κ3) is 3.55. The molecule has 1 rings (SSSR count). The van der Waals surface area contributed by atoms with E-state index in [2.05, 4.69) is 17.5 Å². The molecule has 0 radical (unpaired) electrons. The Bertz CT molecular complexity index is 516. The molecule has 7 heteroatoms. The largest absolute Gasteiger partial charge is 0.389 e. The van der Waals surface area contributed by atoms with E-state index in [-0.39, 0.29) is 16.2 Å². The van der Waals surface area contributed by atoms with Gasteiger partial charge in [-0.2, -0.15) is 5.26 Å². The molecule has 3 N–H and O–H groups in total. The van der Waals surface area contributed by atoms with Gasteiger partial charge in [0.1, 0.15) is 16.6 Å². The summed E-state index contributed by atoms with van der Waals surface area (Å²) < 4.78 is 0. The summed E-state index contributed by atoms with van der Waals surface area (Å²) in [5.74, 6) is 0. The Hall–Kier alpha value is -2.46. The number of thiocarbonyl (C=S) groups is 1. The Kier molecular flexibility index (Phi) is 4.14. The maximum atomic E-state index is 10.4. The second kappa shape index (κ2) is 5.58. The third-order valence-corrected chi connectivity index (χ3v) is 2.07. The number of hydrogen-bond donors (Lipinski definition) is 2. The molecule has 0 fully saturated rings. The van der Waals surface area contributed by atoms with Gasteiger partial charge in [0.25, 0.3) is 5.69 Å². The topological polar surface area (TPSA) is 105 Å². The van der Waals surface area contributed by atoms with Gasteiger partial charge < -0.3 is 11.1 Å². The van der Waals surface area contributed by atoms with Crippen LogP contribution < -0.4 is 11.1 Å². The van der Waals surface area contributed by atoms with Crippen LogP contribution in [0.15, 0.2) is 36.0 Å². The van der Waals surface area contributed by atoms with Crippen molar-refractivity contribution in [1.82, 2.24) is 0 Å². The predicted molar refractivity (Wildman–Crippen MR) is 67.2 cm³/mol.